The van der Waals surface area contributed by atoms with Crippen molar-refractivity contribution >= 4 is 45.7 Å². The highest BCUT2D eigenvalue weighted by molar-refractivity contribution is 7.99. The quantitative estimate of drug-likeness (QED) is 0.707. The van der Waals surface area contributed by atoms with E-state index in [0.29, 0.717) is 21.3 Å². The summed E-state index contributed by atoms with van der Waals surface area (Å²) in [6.07, 6.45) is 1.63. The molecule has 0 bridgehead atoms. The van der Waals surface area contributed by atoms with Crippen LogP contribution >= 0.6 is 34.7 Å². The van der Waals surface area contributed by atoms with Crippen LogP contribution in [-0.2, 0) is 4.79 Å². The molecule has 3 aromatic rings. The van der Waals surface area contributed by atoms with Gasteiger partial charge in [-0.25, -0.2) is 4.98 Å². The fourth-order valence-corrected chi connectivity index (χ4v) is 2.78. The number of hydrogen-bond donors (Lipinski definition) is 1. The van der Waals surface area contributed by atoms with E-state index in [2.05, 4.69) is 20.5 Å². The molecular formula is C13H9ClN4O2S2. The van der Waals surface area contributed by atoms with Crippen LogP contribution in [0.1, 0.15) is 0 Å². The Kier molecular flexibility index (Phi) is 4.71. The van der Waals surface area contributed by atoms with Crippen LogP contribution in [0.25, 0.3) is 11.5 Å². The van der Waals surface area contributed by atoms with Crippen LogP contribution in [0.4, 0.5) is 5.13 Å². The average molecular weight is 353 g/mol. The molecule has 1 amide bonds. The first kappa shape index (κ1) is 15.0. The molecule has 0 unspecified atom stereocenters. The minimum absolute atomic E-state index is 0.168. The van der Waals surface area contributed by atoms with Crippen molar-refractivity contribution < 1.29 is 9.21 Å². The smallest absolute Gasteiger partial charge is 0.277 e. The molecule has 9 heteroatoms. The first-order chi connectivity index (χ1) is 10.7. The van der Waals surface area contributed by atoms with Crippen molar-refractivity contribution in [3.8, 4) is 11.5 Å². The van der Waals surface area contributed by atoms with Gasteiger partial charge < -0.3 is 9.73 Å². The van der Waals surface area contributed by atoms with Gasteiger partial charge in [0.1, 0.15) is 0 Å². The summed E-state index contributed by atoms with van der Waals surface area (Å²) in [4.78, 5) is 15.7. The van der Waals surface area contributed by atoms with Crippen molar-refractivity contribution in [1.82, 2.24) is 15.2 Å². The number of thiazole rings is 1. The Morgan fingerprint density at radius 3 is 2.86 bits per heavy atom. The topological polar surface area (TPSA) is 80.9 Å². The summed E-state index contributed by atoms with van der Waals surface area (Å²) in [5, 5.41) is 13.9. The highest BCUT2D eigenvalue weighted by atomic mass is 35.5. The normalized spacial score (nSPS) is 10.6. The van der Waals surface area contributed by atoms with Gasteiger partial charge in [0, 0.05) is 22.2 Å². The summed E-state index contributed by atoms with van der Waals surface area (Å²) >= 11 is 8.36. The molecule has 3 rings (SSSR count). The number of hydrogen-bond acceptors (Lipinski definition) is 7. The van der Waals surface area contributed by atoms with Gasteiger partial charge >= 0.3 is 0 Å². The predicted molar refractivity (Wildman–Crippen MR) is 86.2 cm³/mol. The summed E-state index contributed by atoms with van der Waals surface area (Å²) in [5.41, 5.74) is 0.774. The number of rotatable bonds is 5. The molecule has 0 saturated heterocycles. The van der Waals surface area contributed by atoms with Gasteiger partial charge in [0.2, 0.25) is 11.8 Å². The predicted octanol–water partition coefficient (Wildman–Crippen LogP) is 3.58. The molecule has 22 heavy (non-hydrogen) atoms. The van der Waals surface area contributed by atoms with Crippen LogP contribution < -0.4 is 5.32 Å². The number of nitrogens with zero attached hydrogens (tertiary/aromatic N) is 3. The van der Waals surface area contributed by atoms with E-state index in [1.165, 1.54) is 23.1 Å². The second-order valence-electron chi connectivity index (χ2n) is 4.05. The molecule has 6 nitrogen and oxygen atoms in total. The zero-order valence-corrected chi connectivity index (χ0v) is 13.4. The minimum Gasteiger partial charge on any atom is -0.411 e. The lowest BCUT2D eigenvalue weighted by atomic mass is 10.2. The van der Waals surface area contributed by atoms with E-state index in [0.717, 1.165) is 5.56 Å². The number of aromatic nitrogens is 3. The molecule has 0 aliphatic carbocycles. The molecule has 1 N–H and O–H groups in total. The summed E-state index contributed by atoms with van der Waals surface area (Å²) in [6, 6.07) is 7.07. The van der Waals surface area contributed by atoms with Gasteiger partial charge in [0.15, 0.2) is 5.13 Å². The van der Waals surface area contributed by atoms with Crippen LogP contribution in [0.2, 0.25) is 5.02 Å². The maximum Gasteiger partial charge on any atom is 0.277 e. The number of amides is 1. The maximum atomic E-state index is 11.7. The van der Waals surface area contributed by atoms with Gasteiger partial charge in [-0.2, -0.15) is 0 Å². The van der Waals surface area contributed by atoms with Gasteiger partial charge in [0.25, 0.3) is 5.22 Å². The Labute approximate surface area is 138 Å². The van der Waals surface area contributed by atoms with E-state index in [1.807, 2.05) is 0 Å². The Morgan fingerprint density at radius 1 is 1.32 bits per heavy atom. The minimum atomic E-state index is -0.175. The van der Waals surface area contributed by atoms with Crippen molar-refractivity contribution in [2.45, 2.75) is 5.22 Å². The van der Waals surface area contributed by atoms with Crippen molar-refractivity contribution in [2.75, 3.05) is 11.1 Å². The first-order valence-electron chi connectivity index (χ1n) is 6.12. The van der Waals surface area contributed by atoms with Crippen molar-refractivity contribution in [3.63, 3.8) is 0 Å². The lowest BCUT2D eigenvalue weighted by Crippen LogP contribution is -2.13. The first-order valence-corrected chi connectivity index (χ1v) is 8.36. The zero-order chi connectivity index (χ0) is 15.4. The van der Waals surface area contributed by atoms with Gasteiger partial charge in [-0.3, -0.25) is 4.79 Å². The van der Waals surface area contributed by atoms with E-state index in [1.54, 1.807) is 35.8 Å². The lowest BCUT2D eigenvalue weighted by Gasteiger charge is -1.98. The second-order valence-corrected chi connectivity index (χ2v) is 6.31. The molecule has 0 fully saturated rings. The number of carbonyl (C=O) groups is 1. The van der Waals surface area contributed by atoms with Crippen LogP contribution in [0, 0.1) is 0 Å². The highest BCUT2D eigenvalue weighted by Gasteiger charge is 2.11. The van der Waals surface area contributed by atoms with Crippen molar-refractivity contribution in [3.05, 3.63) is 40.9 Å². The molecule has 1 aromatic carbocycles. The van der Waals surface area contributed by atoms with Gasteiger partial charge in [-0.1, -0.05) is 23.4 Å². The fourth-order valence-electron chi connectivity index (χ4n) is 1.55. The van der Waals surface area contributed by atoms with Crippen molar-refractivity contribution in [1.29, 1.82) is 0 Å². The van der Waals surface area contributed by atoms with E-state index >= 15 is 0 Å². The number of anilines is 1. The van der Waals surface area contributed by atoms with Gasteiger partial charge in [-0.05, 0) is 24.3 Å². The molecule has 0 atom stereocenters. The third-order valence-corrected chi connectivity index (χ3v) is 4.26. The number of thioether (sulfide) groups is 1. The Balaban J connectivity index is 1.57. The molecule has 0 spiro atoms. The van der Waals surface area contributed by atoms with Crippen molar-refractivity contribution in [2.24, 2.45) is 0 Å². The Morgan fingerprint density at radius 2 is 2.14 bits per heavy atom. The summed E-state index contributed by atoms with van der Waals surface area (Å²) in [6.45, 7) is 0. The SMILES string of the molecule is O=C(CSc1nnc(-c2ccc(Cl)cc2)o1)Nc1nccs1. The number of halogens is 1. The number of nitrogens with one attached hydrogen (secondary N) is 1. The molecule has 112 valence electrons. The lowest BCUT2D eigenvalue weighted by molar-refractivity contribution is -0.113. The van der Waals surface area contributed by atoms with E-state index < -0.39 is 0 Å². The number of carbonyl (C=O) groups excluding carboxylic acids is 1. The standard InChI is InChI=1S/C13H9ClN4O2S2/c14-9-3-1-8(2-4-9)11-17-18-13(20-11)22-7-10(19)16-12-15-5-6-21-12/h1-6H,7H2,(H,15,16,19). The fraction of sp³-hybridized carbons (Fsp3) is 0.0769. The van der Waals surface area contributed by atoms with Crippen LogP contribution in [-0.4, -0.2) is 26.8 Å². The average Bonchev–Trinajstić information content (AvgIpc) is 3.17. The van der Waals surface area contributed by atoms with Gasteiger partial charge in [0.05, 0.1) is 5.75 Å². The van der Waals surface area contributed by atoms with E-state index in [9.17, 15) is 4.79 Å². The Bertz CT molecular complexity index is 759. The van der Waals surface area contributed by atoms with Crippen LogP contribution in [0.3, 0.4) is 0 Å². The zero-order valence-electron chi connectivity index (χ0n) is 11.0. The summed E-state index contributed by atoms with van der Waals surface area (Å²) < 4.78 is 5.50. The largest absolute Gasteiger partial charge is 0.411 e. The molecule has 2 heterocycles. The summed E-state index contributed by atoms with van der Waals surface area (Å²) in [5.74, 6) is 0.382. The monoisotopic (exact) mass is 352 g/mol. The second kappa shape index (κ2) is 6.91. The van der Waals surface area contributed by atoms with E-state index in [4.69, 9.17) is 16.0 Å². The third-order valence-electron chi connectivity index (χ3n) is 2.50. The molecule has 0 saturated carbocycles. The molecular weight excluding hydrogens is 344 g/mol. The maximum absolute atomic E-state index is 11.7. The third kappa shape index (κ3) is 3.85. The molecule has 0 aliphatic rings. The van der Waals surface area contributed by atoms with Gasteiger partial charge in [-0.15, -0.1) is 21.5 Å². The molecule has 0 aliphatic heterocycles. The van der Waals surface area contributed by atoms with Crippen LogP contribution in [0.15, 0.2) is 45.5 Å². The van der Waals surface area contributed by atoms with E-state index in [-0.39, 0.29) is 11.7 Å². The molecule has 0 radical (unpaired) electrons. The highest BCUT2D eigenvalue weighted by Crippen LogP contribution is 2.24. The Hall–Kier alpha value is -1.90. The molecule has 2 aromatic heterocycles. The van der Waals surface area contributed by atoms with Crippen LogP contribution in [0.5, 0.6) is 0 Å². The number of benzene rings is 1. The summed E-state index contributed by atoms with van der Waals surface area (Å²) in [7, 11) is 0.